The monoisotopic (exact) mass is 362 g/mol. The van der Waals surface area contributed by atoms with Gasteiger partial charge in [0, 0.05) is 13.1 Å². The molecule has 0 saturated carbocycles. The van der Waals surface area contributed by atoms with Crippen molar-refractivity contribution >= 4 is 34.9 Å². The van der Waals surface area contributed by atoms with Crippen molar-refractivity contribution in [2.24, 2.45) is 0 Å². The molecule has 0 unspecified atom stereocenters. The maximum atomic E-state index is 12.4. The van der Waals surface area contributed by atoms with E-state index >= 15 is 0 Å². The van der Waals surface area contributed by atoms with Gasteiger partial charge >= 0.3 is 0 Å². The first kappa shape index (κ1) is 17.3. The van der Waals surface area contributed by atoms with Crippen LogP contribution in [0.4, 0.5) is 4.79 Å². The quantitative estimate of drug-likeness (QED) is 0.631. The molecule has 7 nitrogen and oxygen atoms in total. The zero-order valence-electron chi connectivity index (χ0n) is 13.5. The fraction of sp³-hybridized carbons (Fsp3) is 0.353. The molecule has 3 rings (SSSR count). The molecule has 0 bridgehead atoms. The molecule has 2 aliphatic heterocycles. The Morgan fingerprint density at radius 1 is 1.12 bits per heavy atom. The molecule has 0 radical (unpaired) electrons. The number of phenolic OH excluding ortho intramolecular Hbond substituents is 2. The second kappa shape index (κ2) is 7.18. The number of rotatable bonds is 3. The Bertz CT molecular complexity index is 755. The number of aromatic hydroxyl groups is 2. The summed E-state index contributed by atoms with van der Waals surface area (Å²) in [6.07, 6.45) is 4.43. The van der Waals surface area contributed by atoms with Crippen molar-refractivity contribution in [2.45, 2.75) is 19.3 Å². The van der Waals surface area contributed by atoms with Crippen LogP contribution >= 0.6 is 11.8 Å². The summed E-state index contributed by atoms with van der Waals surface area (Å²) in [7, 11) is 0. The summed E-state index contributed by atoms with van der Waals surface area (Å²) in [6, 6.07) is 4.11. The maximum absolute atomic E-state index is 12.4. The van der Waals surface area contributed by atoms with Crippen molar-refractivity contribution in [3.63, 3.8) is 0 Å². The number of thioether (sulfide) groups is 1. The SMILES string of the molecule is O=C(CN1C(=O)S/C(=C/c2ccc(O)c(O)c2)C1=O)N1CCCCC1. The highest BCUT2D eigenvalue weighted by Gasteiger charge is 2.37. The minimum Gasteiger partial charge on any atom is -0.504 e. The van der Waals surface area contributed by atoms with Gasteiger partial charge in [0.15, 0.2) is 11.5 Å². The van der Waals surface area contributed by atoms with E-state index in [1.54, 1.807) is 4.90 Å². The minimum absolute atomic E-state index is 0.182. The van der Waals surface area contributed by atoms with E-state index in [1.165, 1.54) is 24.3 Å². The molecule has 132 valence electrons. The van der Waals surface area contributed by atoms with Gasteiger partial charge in [-0.1, -0.05) is 6.07 Å². The van der Waals surface area contributed by atoms with Crippen molar-refractivity contribution in [3.05, 3.63) is 28.7 Å². The lowest BCUT2D eigenvalue weighted by Crippen LogP contribution is -2.44. The number of benzene rings is 1. The lowest BCUT2D eigenvalue weighted by molar-refractivity contribution is -0.136. The molecule has 2 N–H and O–H groups in total. The van der Waals surface area contributed by atoms with Crippen molar-refractivity contribution in [3.8, 4) is 11.5 Å². The van der Waals surface area contributed by atoms with Crippen LogP contribution in [0.2, 0.25) is 0 Å². The zero-order valence-corrected chi connectivity index (χ0v) is 14.3. The summed E-state index contributed by atoms with van der Waals surface area (Å²) >= 11 is 0.759. The van der Waals surface area contributed by atoms with Crippen LogP contribution in [-0.2, 0) is 9.59 Å². The number of piperidine rings is 1. The Balaban J connectivity index is 1.72. The molecule has 0 aromatic heterocycles. The Morgan fingerprint density at radius 3 is 2.52 bits per heavy atom. The third kappa shape index (κ3) is 3.79. The molecule has 2 aliphatic rings. The fourth-order valence-electron chi connectivity index (χ4n) is 2.80. The van der Waals surface area contributed by atoms with Gasteiger partial charge in [-0.05, 0) is 54.8 Å². The first-order valence-corrected chi connectivity index (χ1v) is 8.82. The minimum atomic E-state index is -0.520. The van der Waals surface area contributed by atoms with Crippen molar-refractivity contribution in [1.29, 1.82) is 0 Å². The predicted octanol–water partition coefficient (Wildman–Crippen LogP) is 2.15. The Hall–Kier alpha value is -2.48. The average Bonchev–Trinajstić information content (AvgIpc) is 2.86. The fourth-order valence-corrected chi connectivity index (χ4v) is 3.63. The molecule has 8 heteroatoms. The Morgan fingerprint density at radius 2 is 1.84 bits per heavy atom. The first-order valence-electron chi connectivity index (χ1n) is 8.01. The molecular weight excluding hydrogens is 344 g/mol. The first-order chi connectivity index (χ1) is 12.0. The van der Waals surface area contributed by atoms with E-state index in [9.17, 15) is 24.6 Å². The number of carbonyl (C=O) groups excluding carboxylic acids is 3. The largest absolute Gasteiger partial charge is 0.504 e. The highest BCUT2D eigenvalue weighted by Crippen LogP contribution is 2.33. The van der Waals surface area contributed by atoms with Gasteiger partial charge in [-0.2, -0.15) is 0 Å². The van der Waals surface area contributed by atoms with Gasteiger partial charge in [0.2, 0.25) is 5.91 Å². The van der Waals surface area contributed by atoms with Gasteiger partial charge in [0.05, 0.1) is 4.91 Å². The molecule has 0 spiro atoms. The standard InChI is InChI=1S/C17H18N2O5S/c20-12-5-4-11(8-13(12)21)9-14-16(23)19(17(24)25-14)10-15(22)18-6-2-1-3-7-18/h4-5,8-9,20-21H,1-3,6-7,10H2/b14-9+. The van der Waals surface area contributed by atoms with Crippen LogP contribution in [0.1, 0.15) is 24.8 Å². The number of carbonyl (C=O) groups is 3. The molecule has 25 heavy (non-hydrogen) atoms. The maximum Gasteiger partial charge on any atom is 0.294 e. The summed E-state index contributed by atoms with van der Waals surface area (Å²) in [6.45, 7) is 1.08. The van der Waals surface area contributed by atoms with Gasteiger partial charge in [0.25, 0.3) is 11.1 Å². The van der Waals surface area contributed by atoms with Crippen LogP contribution in [0.15, 0.2) is 23.1 Å². The van der Waals surface area contributed by atoms with Crippen LogP contribution in [0.5, 0.6) is 11.5 Å². The van der Waals surface area contributed by atoms with Crippen LogP contribution in [0.25, 0.3) is 6.08 Å². The lowest BCUT2D eigenvalue weighted by atomic mass is 10.1. The normalized spacial score (nSPS) is 19.8. The van der Waals surface area contributed by atoms with E-state index < -0.39 is 11.1 Å². The molecule has 3 amide bonds. The molecule has 2 saturated heterocycles. The number of hydrogen-bond donors (Lipinski definition) is 2. The number of likely N-dealkylation sites (tertiary alicyclic amines) is 1. The summed E-state index contributed by atoms with van der Waals surface area (Å²) in [5.74, 6) is -1.32. The van der Waals surface area contributed by atoms with Crippen LogP contribution in [-0.4, -0.2) is 56.7 Å². The summed E-state index contributed by atoms with van der Waals surface area (Å²) in [5.41, 5.74) is 0.475. The third-order valence-corrected chi connectivity index (χ3v) is 5.08. The van der Waals surface area contributed by atoms with E-state index in [0.717, 1.165) is 35.9 Å². The molecule has 1 aromatic rings. The highest BCUT2D eigenvalue weighted by atomic mass is 32.2. The van der Waals surface area contributed by atoms with Crippen molar-refractivity contribution < 1.29 is 24.6 Å². The van der Waals surface area contributed by atoms with Gasteiger partial charge in [0.1, 0.15) is 6.54 Å². The van der Waals surface area contributed by atoms with Gasteiger partial charge in [-0.3, -0.25) is 19.3 Å². The predicted molar refractivity (Wildman–Crippen MR) is 92.9 cm³/mol. The topological polar surface area (TPSA) is 98.1 Å². The van der Waals surface area contributed by atoms with E-state index in [2.05, 4.69) is 0 Å². The Labute approximate surface area is 148 Å². The van der Waals surface area contributed by atoms with Crippen LogP contribution in [0, 0.1) is 0 Å². The summed E-state index contributed by atoms with van der Waals surface area (Å²) in [4.78, 5) is 39.6. The zero-order chi connectivity index (χ0) is 18.0. The van der Waals surface area contributed by atoms with E-state index in [4.69, 9.17) is 0 Å². The molecule has 0 aliphatic carbocycles. The van der Waals surface area contributed by atoms with Crippen molar-refractivity contribution in [2.75, 3.05) is 19.6 Å². The molecule has 2 heterocycles. The second-order valence-electron chi connectivity index (χ2n) is 5.96. The average molecular weight is 362 g/mol. The van der Waals surface area contributed by atoms with Gasteiger partial charge in [-0.25, -0.2) is 0 Å². The lowest BCUT2D eigenvalue weighted by Gasteiger charge is -2.27. The third-order valence-electron chi connectivity index (χ3n) is 4.17. The van der Waals surface area contributed by atoms with Crippen molar-refractivity contribution in [1.82, 2.24) is 9.80 Å². The number of nitrogens with zero attached hydrogens (tertiary/aromatic N) is 2. The number of imide groups is 1. The number of amides is 3. The smallest absolute Gasteiger partial charge is 0.294 e. The number of hydrogen-bond acceptors (Lipinski definition) is 6. The molecular formula is C17H18N2O5S. The van der Waals surface area contributed by atoms with E-state index in [1.807, 2.05) is 0 Å². The second-order valence-corrected chi connectivity index (χ2v) is 6.95. The molecule has 2 fully saturated rings. The summed E-state index contributed by atoms with van der Waals surface area (Å²) in [5, 5.41) is 18.3. The molecule has 1 aromatic carbocycles. The van der Waals surface area contributed by atoms with E-state index in [0.29, 0.717) is 18.7 Å². The number of phenols is 2. The Kier molecular flexibility index (Phi) is 4.98. The summed E-state index contributed by atoms with van der Waals surface area (Å²) < 4.78 is 0. The van der Waals surface area contributed by atoms with E-state index in [-0.39, 0.29) is 28.9 Å². The molecule has 0 atom stereocenters. The van der Waals surface area contributed by atoms with Crippen LogP contribution in [0.3, 0.4) is 0 Å². The highest BCUT2D eigenvalue weighted by molar-refractivity contribution is 8.18. The van der Waals surface area contributed by atoms with Gasteiger partial charge in [-0.15, -0.1) is 0 Å². The van der Waals surface area contributed by atoms with Crippen LogP contribution < -0.4 is 0 Å². The van der Waals surface area contributed by atoms with Gasteiger partial charge < -0.3 is 15.1 Å².